The van der Waals surface area contributed by atoms with E-state index in [4.69, 9.17) is 14.2 Å². The van der Waals surface area contributed by atoms with Gasteiger partial charge in [0.2, 0.25) is 0 Å². The summed E-state index contributed by atoms with van der Waals surface area (Å²) in [6.45, 7) is 20.5. The molecule has 2 heterocycles. The van der Waals surface area contributed by atoms with Gasteiger partial charge >= 0.3 is 11.8 Å². The summed E-state index contributed by atoms with van der Waals surface area (Å²) in [5.74, 6) is -0.0360. The fourth-order valence-corrected chi connectivity index (χ4v) is 7.29. The Morgan fingerprint density at radius 3 is 2.29 bits per heavy atom. The summed E-state index contributed by atoms with van der Waals surface area (Å²) in [5, 5.41) is 22.8. The normalized spacial score (nSPS) is 22.5. The quantitative estimate of drug-likeness (QED) is 0.148. The second-order valence-electron chi connectivity index (χ2n) is 14.7. The van der Waals surface area contributed by atoms with Crippen LogP contribution in [0.1, 0.15) is 74.3 Å². The minimum absolute atomic E-state index is 0.0360. The molecule has 249 valence electrons. The molecule has 0 aliphatic carbocycles. The van der Waals surface area contributed by atoms with Crippen molar-refractivity contribution in [2.75, 3.05) is 11.5 Å². The van der Waals surface area contributed by atoms with Gasteiger partial charge in [-0.1, -0.05) is 33.9 Å². The van der Waals surface area contributed by atoms with Gasteiger partial charge in [-0.25, -0.2) is 9.59 Å². The number of nitrogens with zero attached hydrogens (tertiary/aromatic N) is 4. The molecule has 1 radical (unpaired) electrons. The molecule has 14 heteroatoms. The van der Waals surface area contributed by atoms with E-state index in [9.17, 15) is 24.8 Å². The molecule has 45 heavy (non-hydrogen) atoms. The number of rotatable bonds is 8. The highest BCUT2D eigenvalue weighted by Crippen LogP contribution is 2.51. The number of nitro benzene ring substituents is 1. The van der Waals surface area contributed by atoms with Crippen molar-refractivity contribution in [3.63, 3.8) is 0 Å². The minimum atomic E-state index is -1.50. The standard InChI is InChI=1S/C31H46IN4O8Si/c1-27(2,3)30(39)19-31(45(10)11,43-23(30)18-42-28(4,5)6)35-15-14-24(33-25(35)37)34(26(38)44-29(7,8)9)17-20-12-13-21(32)16-22(20)36(40)41/h12-16,23,39H,17-19H2,1-11H3/t23-,30+,31+/m1/s1. The highest BCUT2D eigenvalue weighted by molar-refractivity contribution is 14.1. The van der Waals surface area contributed by atoms with Crippen LogP contribution in [0.25, 0.3) is 0 Å². The average molecular weight is 758 g/mol. The van der Waals surface area contributed by atoms with Crippen LogP contribution in [0.3, 0.4) is 0 Å². The second-order valence-corrected chi connectivity index (χ2v) is 18.7. The SMILES string of the molecule is C[Si](C)[C@]1(n2ccc(N(Cc3ccc(I)cc3[N+](=O)[O-])C(=O)OC(C)(C)C)nc2=O)C[C@@](O)(C(C)(C)C)[C@@H](COC(C)(C)C)O1. The largest absolute Gasteiger partial charge is 0.443 e. The number of hydrogen-bond acceptors (Lipinski definition) is 9. The number of hydrogen-bond donors (Lipinski definition) is 1. The Kier molecular flexibility index (Phi) is 10.7. The van der Waals surface area contributed by atoms with Crippen molar-refractivity contribution < 1.29 is 29.0 Å². The first-order valence-electron chi connectivity index (χ1n) is 14.8. The van der Waals surface area contributed by atoms with Crippen molar-refractivity contribution >= 4 is 49.0 Å². The van der Waals surface area contributed by atoms with E-state index in [1.54, 1.807) is 32.9 Å². The molecule has 1 aliphatic heterocycles. The van der Waals surface area contributed by atoms with E-state index >= 15 is 0 Å². The molecule has 1 saturated heterocycles. The number of ether oxygens (including phenoxy) is 3. The smallest absolute Gasteiger partial charge is 0.416 e. The molecule has 1 N–H and O–H groups in total. The Morgan fingerprint density at radius 1 is 1.18 bits per heavy atom. The van der Waals surface area contributed by atoms with Crippen molar-refractivity contribution in [3.05, 3.63) is 60.2 Å². The average Bonchev–Trinajstić information content (AvgIpc) is 3.19. The molecular formula is C31H46IN4O8Si. The van der Waals surface area contributed by atoms with Crippen molar-refractivity contribution in [1.82, 2.24) is 9.55 Å². The lowest BCUT2D eigenvalue weighted by atomic mass is 9.72. The molecule has 0 unspecified atom stereocenters. The van der Waals surface area contributed by atoms with Crippen molar-refractivity contribution in [2.45, 2.75) is 117 Å². The lowest BCUT2D eigenvalue weighted by molar-refractivity contribution is -0.385. The summed E-state index contributed by atoms with van der Waals surface area (Å²) in [5.41, 5.74) is -3.94. The number of carbonyl (C=O) groups excluding carboxylic acids is 1. The molecule has 2 aromatic rings. The first-order chi connectivity index (χ1) is 20.4. The number of anilines is 1. The van der Waals surface area contributed by atoms with Crippen LogP contribution < -0.4 is 10.6 Å². The van der Waals surface area contributed by atoms with Gasteiger partial charge in [0.05, 0.1) is 23.7 Å². The first kappa shape index (κ1) is 37.1. The van der Waals surface area contributed by atoms with E-state index in [1.165, 1.54) is 22.9 Å². The molecule has 1 fully saturated rings. The van der Waals surface area contributed by atoms with Crippen LogP contribution in [0.4, 0.5) is 16.3 Å². The Balaban J connectivity index is 2.13. The predicted octanol–water partition coefficient (Wildman–Crippen LogP) is 6.03. The van der Waals surface area contributed by atoms with E-state index in [-0.39, 0.29) is 36.6 Å². The van der Waals surface area contributed by atoms with Gasteiger partial charge < -0.3 is 19.3 Å². The number of aromatic nitrogens is 2. The zero-order chi connectivity index (χ0) is 34.3. The maximum atomic E-state index is 13.9. The number of amides is 1. The fourth-order valence-electron chi connectivity index (χ4n) is 5.16. The van der Waals surface area contributed by atoms with Crippen LogP contribution in [0.5, 0.6) is 0 Å². The number of carbonyl (C=O) groups is 1. The van der Waals surface area contributed by atoms with Gasteiger partial charge in [-0.2, -0.15) is 4.98 Å². The monoisotopic (exact) mass is 757 g/mol. The molecule has 1 amide bonds. The number of nitro groups is 1. The summed E-state index contributed by atoms with van der Waals surface area (Å²) in [6, 6.07) is 6.17. The van der Waals surface area contributed by atoms with Crippen LogP contribution in [0, 0.1) is 19.1 Å². The molecule has 0 bridgehead atoms. The maximum Gasteiger partial charge on any atom is 0.416 e. The van der Waals surface area contributed by atoms with E-state index in [1.807, 2.05) is 77.2 Å². The number of benzene rings is 1. The lowest BCUT2D eigenvalue weighted by Gasteiger charge is -2.41. The zero-order valence-electron chi connectivity index (χ0n) is 28.1. The van der Waals surface area contributed by atoms with E-state index < -0.39 is 59.2 Å². The summed E-state index contributed by atoms with van der Waals surface area (Å²) < 4.78 is 20.4. The minimum Gasteiger partial charge on any atom is -0.443 e. The lowest BCUT2D eigenvalue weighted by Crippen LogP contribution is -2.53. The molecule has 12 nitrogen and oxygen atoms in total. The third-order valence-electron chi connectivity index (χ3n) is 7.77. The maximum absolute atomic E-state index is 13.9. The number of halogens is 1. The highest BCUT2D eigenvalue weighted by Gasteiger charge is 2.62. The topological polar surface area (TPSA) is 146 Å². The van der Waals surface area contributed by atoms with Gasteiger partial charge in [-0.05, 0) is 87.7 Å². The molecule has 3 rings (SSSR count). The highest BCUT2D eigenvalue weighted by atomic mass is 127. The van der Waals surface area contributed by atoms with Crippen molar-refractivity contribution in [2.24, 2.45) is 5.41 Å². The third kappa shape index (κ3) is 8.31. The Labute approximate surface area is 280 Å². The Bertz CT molecular complexity index is 1480. The van der Waals surface area contributed by atoms with Gasteiger partial charge in [0.25, 0.3) is 5.69 Å². The van der Waals surface area contributed by atoms with Crippen LogP contribution in [-0.2, 0) is 26.1 Å². The molecule has 0 saturated carbocycles. The first-order valence-corrected chi connectivity index (χ1v) is 18.4. The zero-order valence-corrected chi connectivity index (χ0v) is 31.2. The predicted molar refractivity (Wildman–Crippen MR) is 182 cm³/mol. The van der Waals surface area contributed by atoms with Crippen LogP contribution in [0.2, 0.25) is 13.1 Å². The molecule has 1 aliphatic rings. The van der Waals surface area contributed by atoms with E-state index in [2.05, 4.69) is 4.98 Å². The molecule has 1 aromatic heterocycles. The van der Waals surface area contributed by atoms with Gasteiger partial charge in [0.1, 0.15) is 37.3 Å². The van der Waals surface area contributed by atoms with Gasteiger partial charge in [0.15, 0.2) is 0 Å². The van der Waals surface area contributed by atoms with E-state index in [0.717, 1.165) is 4.90 Å². The van der Waals surface area contributed by atoms with Crippen LogP contribution >= 0.6 is 22.6 Å². The molecule has 3 atom stereocenters. The third-order valence-corrected chi connectivity index (χ3v) is 10.5. The van der Waals surface area contributed by atoms with Crippen LogP contribution in [0.15, 0.2) is 35.3 Å². The summed E-state index contributed by atoms with van der Waals surface area (Å²) in [6.07, 6.45) is 0.0964. The Hall–Kier alpha value is -2.40. The molecule has 1 aromatic carbocycles. The van der Waals surface area contributed by atoms with E-state index in [0.29, 0.717) is 3.57 Å². The van der Waals surface area contributed by atoms with Crippen molar-refractivity contribution in [1.29, 1.82) is 0 Å². The fraction of sp³-hybridized carbons (Fsp3) is 0.645. The Morgan fingerprint density at radius 2 is 1.80 bits per heavy atom. The van der Waals surface area contributed by atoms with Gasteiger partial charge in [-0.15, -0.1) is 0 Å². The van der Waals surface area contributed by atoms with Gasteiger partial charge in [-0.3, -0.25) is 19.6 Å². The molecule has 0 spiro atoms. The van der Waals surface area contributed by atoms with Crippen molar-refractivity contribution in [3.8, 4) is 0 Å². The molecular weight excluding hydrogens is 711 g/mol. The van der Waals surface area contributed by atoms with Gasteiger partial charge in [0, 0.05) is 27.8 Å². The summed E-state index contributed by atoms with van der Waals surface area (Å²) in [7, 11) is -1.50. The summed E-state index contributed by atoms with van der Waals surface area (Å²) >= 11 is 1.98. The summed E-state index contributed by atoms with van der Waals surface area (Å²) in [4.78, 5) is 44.1. The second kappa shape index (κ2) is 13.0. The number of aliphatic hydroxyl groups is 1. The van der Waals surface area contributed by atoms with Crippen LogP contribution in [-0.4, -0.2) is 64.0 Å².